The van der Waals surface area contributed by atoms with Crippen LogP contribution in [0.15, 0.2) is 53.4 Å². The molecule has 32 heavy (non-hydrogen) atoms. The molecule has 1 unspecified atom stereocenters. The van der Waals surface area contributed by atoms with Gasteiger partial charge >= 0.3 is 0 Å². The van der Waals surface area contributed by atoms with Crippen LogP contribution in [0, 0.1) is 11.6 Å². The first-order valence-electron chi connectivity index (χ1n) is 9.07. The second-order valence-corrected chi connectivity index (χ2v) is 8.57. The zero-order valence-corrected chi connectivity index (χ0v) is 18.6. The predicted molar refractivity (Wildman–Crippen MR) is 118 cm³/mol. The van der Waals surface area contributed by atoms with Gasteiger partial charge in [0.1, 0.15) is 29.2 Å². The highest BCUT2D eigenvalue weighted by Crippen LogP contribution is 2.46. The van der Waals surface area contributed by atoms with Gasteiger partial charge in [0, 0.05) is 16.0 Å². The molecule has 1 amide bonds. The van der Waals surface area contributed by atoms with E-state index >= 15 is 0 Å². The van der Waals surface area contributed by atoms with E-state index in [0.717, 1.165) is 17.0 Å². The zero-order valence-electron chi connectivity index (χ0n) is 16.2. The van der Waals surface area contributed by atoms with Gasteiger partial charge in [-0.3, -0.25) is 14.5 Å². The van der Waals surface area contributed by atoms with Crippen LogP contribution in [0.25, 0.3) is 5.76 Å². The Balaban J connectivity index is 2.00. The zero-order chi connectivity index (χ0) is 23.2. The maximum Gasteiger partial charge on any atom is 0.300 e. The molecule has 1 aliphatic heterocycles. The molecule has 1 atom stereocenters. The quantitative estimate of drug-likeness (QED) is 0.275. The second-order valence-electron chi connectivity index (χ2n) is 6.75. The Morgan fingerprint density at radius 2 is 1.91 bits per heavy atom. The summed E-state index contributed by atoms with van der Waals surface area (Å²) in [6.07, 6.45) is 0. The third kappa shape index (κ3) is 3.64. The number of methoxy groups -OCH3 is 1. The van der Waals surface area contributed by atoms with E-state index in [2.05, 4.69) is 0 Å². The van der Waals surface area contributed by atoms with E-state index in [1.165, 1.54) is 30.6 Å². The predicted octanol–water partition coefficient (Wildman–Crippen LogP) is 5.97. The number of ketones is 1. The number of carbonyl (C=O) groups is 2. The Labute approximate surface area is 195 Å². The minimum absolute atomic E-state index is 0.0101. The van der Waals surface area contributed by atoms with Gasteiger partial charge in [0.2, 0.25) is 0 Å². The van der Waals surface area contributed by atoms with Gasteiger partial charge in [-0.1, -0.05) is 29.3 Å². The van der Waals surface area contributed by atoms with Crippen molar-refractivity contribution in [3.63, 3.8) is 0 Å². The molecule has 0 radical (unpaired) electrons. The van der Waals surface area contributed by atoms with Crippen molar-refractivity contribution in [2.45, 2.75) is 6.04 Å². The first-order valence-corrected chi connectivity index (χ1v) is 10.7. The fourth-order valence-electron chi connectivity index (χ4n) is 3.56. The van der Waals surface area contributed by atoms with Crippen molar-refractivity contribution in [3.05, 3.63) is 85.5 Å². The molecular formula is C22H13Cl2F2NO4S. The van der Waals surface area contributed by atoms with Gasteiger partial charge in [-0.2, -0.15) is 0 Å². The van der Waals surface area contributed by atoms with Crippen LogP contribution >= 0.6 is 34.5 Å². The molecule has 164 valence electrons. The maximum absolute atomic E-state index is 14.6. The molecule has 2 aromatic carbocycles. The molecule has 1 saturated heterocycles. The number of aliphatic hydroxyl groups is 1. The van der Waals surface area contributed by atoms with E-state index in [4.69, 9.17) is 27.9 Å². The number of hydrogen-bond acceptors (Lipinski definition) is 5. The lowest BCUT2D eigenvalue weighted by atomic mass is 9.99. The number of Topliss-reactive ketones (excluding diaryl/α,β-unsaturated/α-hetero) is 1. The first-order chi connectivity index (χ1) is 15.2. The Kier molecular flexibility index (Phi) is 5.94. The number of thiophene rings is 1. The molecule has 0 spiro atoms. The van der Waals surface area contributed by atoms with E-state index in [1.54, 1.807) is 17.5 Å². The fourth-order valence-corrected chi connectivity index (χ4v) is 4.96. The van der Waals surface area contributed by atoms with Crippen LogP contribution in [0.3, 0.4) is 0 Å². The smallest absolute Gasteiger partial charge is 0.300 e. The van der Waals surface area contributed by atoms with Gasteiger partial charge in [0.15, 0.2) is 0 Å². The molecular weight excluding hydrogens is 483 g/mol. The maximum atomic E-state index is 14.6. The SMILES string of the molecule is COc1c(Cl)cc(Cl)cc1/C(O)=C1/C(=O)C(=O)N(c2ccc(F)cc2F)C1c1cccs1. The van der Waals surface area contributed by atoms with Gasteiger partial charge in [0.05, 0.1) is 29.0 Å². The summed E-state index contributed by atoms with van der Waals surface area (Å²) in [4.78, 5) is 27.4. The molecule has 5 nitrogen and oxygen atoms in total. The lowest BCUT2D eigenvalue weighted by Gasteiger charge is -2.24. The van der Waals surface area contributed by atoms with Crippen LogP contribution < -0.4 is 9.64 Å². The highest BCUT2D eigenvalue weighted by Gasteiger charge is 2.48. The molecule has 1 aromatic heterocycles. The van der Waals surface area contributed by atoms with Gasteiger partial charge in [-0.15, -0.1) is 11.3 Å². The lowest BCUT2D eigenvalue weighted by molar-refractivity contribution is -0.132. The molecule has 1 aliphatic rings. The average molecular weight is 496 g/mol. The number of rotatable bonds is 4. The molecule has 0 saturated carbocycles. The van der Waals surface area contributed by atoms with Crippen LogP contribution in [0.5, 0.6) is 5.75 Å². The minimum atomic E-state index is -1.17. The molecule has 1 fully saturated rings. The van der Waals surface area contributed by atoms with Gasteiger partial charge < -0.3 is 9.84 Å². The summed E-state index contributed by atoms with van der Waals surface area (Å²) in [6.45, 7) is 0. The number of ether oxygens (including phenoxy) is 1. The number of hydrogen-bond donors (Lipinski definition) is 1. The molecule has 0 bridgehead atoms. The number of carbonyl (C=O) groups excluding carboxylic acids is 2. The van der Waals surface area contributed by atoms with E-state index < -0.39 is 35.1 Å². The van der Waals surface area contributed by atoms with Crippen molar-refractivity contribution in [3.8, 4) is 5.75 Å². The van der Waals surface area contributed by atoms with Crippen molar-refractivity contribution in [2.24, 2.45) is 0 Å². The summed E-state index contributed by atoms with van der Waals surface area (Å²) >= 11 is 13.4. The fraction of sp³-hybridized carbons (Fsp3) is 0.0909. The number of aliphatic hydroxyl groups excluding tert-OH is 1. The average Bonchev–Trinajstić information content (AvgIpc) is 3.35. The van der Waals surface area contributed by atoms with Crippen molar-refractivity contribution in [1.29, 1.82) is 0 Å². The van der Waals surface area contributed by atoms with Crippen molar-refractivity contribution >= 4 is 57.7 Å². The molecule has 1 N–H and O–H groups in total. The standard InChI is InChI=1S/C22H13Cl2F2NO4S/c1-31-21-12(7-10(23)8-13(21)24)19(28)17-18(16-3-2-6-32-16)27(22(30)20(17)29)15-5-4-11(25)9-14(15)26/h2-9,18,28H,1H3/b19-17-. The first kappa shape index (κ1) is 22.3. The number of halogens is 4. The summed E-state index contributed by atoms with van der Waals surface area (Å²) in [7, 11) is 1.31. The van der Waals surface area contributed by atoms with Crippen LogP contribution in [-0.4, -0.2) is 23.9 Å². The van der Waals surface area contributed by atoms with Gasteiger partial charge in [-0.05, 0) is 35.7 Å². The Morgan fingerprint density at radius 1 is 1.16 bits per heavy atom. The Bertz CT molecular complexity index is 1280. The van der Waals surface area contributed by atoms with Gasteiger partial charge in [0.25, 0.3) is 11.7 Å². The van der Waals surface area contributed by atoms with E-state index in [9.17, 15) is 23.5 Å². The number of nitrogens with zero attached hydrogens (tertiary/aromatic N) is 1. The third-order valence-corrected chi connectivity index (χ3v) is 6.32. The number of benzene rings is 2. The summed E-state index contributed by atoms with van der Waals surface area (Å²) in [5.41, 5.74) is -0.621. The molecule has 2 heterocycles. The van der Waals surface area contributed by atoms with Crippen molar-refractivity contribution < 1.29 is 28.2 Å². The molecule has 0 aliphatic carbocycles. The van der Waals surface area contributed by atoms with E-state index in [0.29, 0.717) is 10.9 Å². The van der Waals surface area contributed by atoms with E-state index in [1.807, 2.05) is 0 Å². The molecule has 10 heteroatoms. The minimum Gasteiger partial charge on any atom is -0.507 e. The van der Waals surface area contributed by atoms with Crippen molar-refractivity contribution in [1.82, 2.24) is 0 Å². The monoisotopic (exact) mass is 495 g/mol. The topological polar surface area (TPSA) is 66.8 Å². The Hall–Kier alpha value is -2.94. The number of amides is 1. The normalized spacial score (nSPS) is 17.8. The van der Waals surface area contributed by atoms with Gasteiger partial charge in [-0.25, -0.2) is 8.78 Å². The van der Waals surface area contributed by atoms with E-state index in [-0.39, 0.29) is 32.6 Å². The largest absolute Gasteiger partial charge is 0.507 e. The molecule has 3 aromatic rings. The van der Waals surface area contributed by atoms with Crippen LogP contribution in [0.1, 0.15) is 16.5 Å². The lowest BCUT2D eigenvalue weighted by Crippen LogP contribution is -2.30. The van der Waals surface area contributed by atoms with Crippen LogP contribution in [-0.2, 0) is 9.59 Å². The molecule has 4 rings (SSSR count). The summed E-state index contributed by atoms with van der Waals surface area (Å²) in [6, 6.07) is 7.51. The summed E-state index contributed by atoms with van der Waals surface area (Å²) in [5.74, 6) is -4.55. The van der Waals surface area contributed by atoms with Crippen LogP contribution in [0.4, 0.5) is 14.5 Å². The second kappa shape index (κ2) is 8.54. The Morgan fingerprint density at radius 3 is 2.53 bits per heavy atom. The highest BCUT2D eigenvalue weighted by molar-refractivity contribution is 7.10. The third-order valence-electron chi connectivity index (χ3n) is 4.89. The van der Waals surface area contributed by atoms with Crippen molar-refractivity contribution in [2.75, 3.05) is 12.0 Å². The summed E-state index contributed by atoms with van der Waals surface area (Å²) in [5, 5.41) is 13.1. The summed E-state index contributed by atoms with van der Waals surface area (Å²) < 4.78 is 33.3. The highest BCUT2D eigenvalue weighted by atomic mass is 35.5. The number of anilines is 1. The van der Waals surface area contributed by atoms with Crippen LogP contribution in [0.2, 0.25) is 10.0 Å².